The van der Waals surface area contributed by atoms with E-state index in [0.29, 0.717) is 5.92 Å². The van der Waals surface area contributed by atoms with E-state index in [1.165, 1.54) is 32.1 Å². The van der Waals surface area contributed by atoms with E-state index in [4.69, 9.17) is 4.74 Å². The maximum atomic E-state index is 12.3. The predicted octanol–water partition coefficient (Wildman–Crippen LogP) is 5.17. The Labute approximate surface area is 163 Å². The molecule has 9 unspecified atom stereocenters. The van der Waals surface area contributed by atoms with Crippen molar-refractivity contribution in [1.29, 1.82) is 0 Å². The van der Waals surface area contributed by atoms with Gasteiger partial charge in [-0.25, -0.2) is 0 Å². The fourth-order valence-corrected chi connectivity index (χ4v) is 7.16. The number of allylic oxidation sites excluding steroid dienone is 3. The zero-order valence-corrected chi connectivity index (χ0v) is 17.0. The quantitative estimate of drug-likeness (QED) is 0.368. The molecule has 0 N–H and O–H groups in total. The van der Waals surface area contributed by atoms with Crippen LogP contribution in [0, 0.1) is 53.3 Å². The van der Waals surface area contributed by atoms with Gasteiger partial charge in [0.15, 0.2) is 0 Å². The van der Waals surface area contributed by atoms with Gasteiger partial charge in [0.25, 0.3) is 0 Å². The van der Waals surface area contributed by atoms with Gasteiger partial charge in [0.05, 0.1) is 11.8 Å². The molecule has 1 aliphatic heterocycles. The van der Waals surface area contributed by atoms with Crippen LogP contribution in [-0.4, -0.2) is 11.9 Å². The third-order valence-corrected chi connectivity index (χ3v) is 8.32. The van der Waals surface area contributed by atoms with Crippen LogP contribution >= 0.6 is 0 Å². The average molecular weight is 371 g/mol. The minimum Gasteiger partial charge on any atom is -0.393 e. The Bertz CT molecular complexity index is 661. The lowest BCUT2D eigenvalue weighted by Gasteiger charge is -2.35. The molecule has 4 rings (SSSR count). The predicted molar refractivity (Wildman–Crippen MR) is 106 cm³/mol. The molecule has 0 amide bonds. The van der Waals surface area contributed by atoms with Gasteiger partial charge in [-0.1, -0.05) is 57.8 Å². The molecule has 0 aromatic rings. The summed E-state index contributed by atoms with van der Waals surface area (Å²) in [6.07, 6.45) is 11.6. The average Bonchev–Trinajstić information content (AvgIpc) is 3.35. The molecule has 0 aromatic carbocycles. The first-order valence-corrected chi connectivity index (χ1v) is 11.0. The van der Waals surface area contributed by atoms with Gasteiger partial charge < -0.3 is 4.74 Å². The van der Waals surface area contributed by atoms with Gasteiger partial charge in [-0.3, -0.25) is 9.59 Å². The number of hydrogen-bond donors (Lipinski definition) is 0. The second-order valence-electron chi connectivity index (χ2n) is 9.69. The number of unbranched alkanes of at least 4 members (excludes halogenated alkanes) is 1. The normalized spacial score (nSPS) is 45.4. The van der Waals surface area contributed by atoms with Crippen LogP contribution in [0.2, 0.25) is 0 Å². The standard InChI is InChI=1S/C24H34O3/c1-5-7-8-13(3)20-14(4)19-12-18(20)11-16(19)10-17-9-15(6-2)21-22(17)24(26)27-23(21)25/h6,10,13-15,17-22H,2,5,7-9,11-12H2,1,3-4H3/b16-10+. The molecule has 0 spiro atoms. The van der Waals surface area contributed by atoms with Crippen LogP contribution in [0.4, 0.5) is 0 Å². The van der Waals surface area contributed by atoms with E-state index in [2.05, 4.69) is 33.4 Å². The van der Waals surface area contributed by atoms with Crippen molar-refractivity contribution in [2.45, 2.75) is 59.3 Å². The number of fused-ring (bicyclic) bond motifs is 3. The number of carbonyl (C=O) groups excluding carboxylic acids is 2. The zero-order valence-electron chi connectivity index (χ0n) is 17.0. The van der Waals surface area contributed by atoms with Crippen molar-refractivity contribution in [2.24, 2.45) is 53.3 Å². The number of ether oxygens (including phenoxy) is 1. The third-order valence-electron chi connectivity index (χ3n) is 8.32. The van der Waals surface area contributed by atoms with Crippen LogP contribution in [0.25, 0.3) is 0 Å². The molecule has 1 heterocycles. The SMILES string of the molecule is C=CC1CC(/C=C2\CC3CC2C(C)C3C(C)CCCC)C2C(=O)OC(=O)C12. The first-order chi connectivity index (χ1) is 13.0. The number of esters is 2. The van der Waals surface area contributed by atoms with E-state index in [1.54, 1.807) is 5.57 Å². The second-order valence-corrected chi connectivity index (χ2v) is 9.69. The first kappa shape index (κ1) is 19.0. The van der Waals surface area contributed by atoms with Crippen LogP contribution in [-0.2, 0) is 14.3 Å². The van der Waals surface area contributed by atoms with Crippen LogP contribution in [0.15, 0.2) is 24.3 Å². The van der Waals surface area contributed by atoms with Crippen molar-refractivity contribution in [2.75, 3.05) is 0 Å². The lowest BCUT2D eigenvalue weighted by atomic mass is 9.70. The summed E-state index contributed by atoms with van der Waals surface area (Å²) >= 11 is 0. The molecule has 1 saturated heterocycles. The molecule has 27 heavy (non-hydrogen) atoms. The van der Waals surface area contributed by atoms with Crippen molar-refractivity contribution >= 4 is 11.9 Å². The molecule has 0 aromatic heterocycles. The number of cyclic esters (lactones) is 2. The molecule has 148 valence electrons. The number of rotatable bonds is 6. The monoisotopic (exact) mass is 370 g/mol. The van der Waals surface area contributed by atoms with Gasteiger partial charge in [0, 0.05) is 0 Å². The van der Waals surface area contributed by atoms with Crippen LogP contribution in [0.1, 0.15) is 59.3 Å². The van der Waals surface area contributed by atoms with Gasteiger partial charge in [-0.05, 0) is 60.7 Å². The first-order valence-electron chi connectivity index (χ1n) is 11.0. The van der Waals surface area contributed by atoms with E-state index in [1.807, 2.05) is 6.08 Å². The van der Waals surface area contributed by atoms with Crippen molar-refractivity contribution in [3.8, 4) is 0 Å². The second kappa shape index (κ2) is 7.22. The molecule has 3 heteroatoms. The molecule has 3 nitrogen and oxygen atoms in total. The zero-order chi connectivity index (χ0) is 19.3. The summed E-state index contributed by atoms with van der Waals surface area (Å²) in [4.78, 5) is 24.4. The molecule has 3 saturated carbocycles. The Morgan fingerprint density at radius 2 is 1.89 bits per heavy atom. The topological polar surface area (TPSA) is 43.4 Å². The summed E-state index contributed by atoms with van der Waals surface area (Å²) < 4.78 is 4.97. The van der Waals surface area contributed by atoms with Gasteiger partial charge in [-0.15, -0.1) is 6.58 Å². The maximum Gasteiger partial charge on any atom is 0.318 e. The molecule has 2 bridgehead atoms. The smallest absolute Gasteiger partial charge is 0.318 e. The Morgan fingerprint density at radius 1 is 1.19 bits per heavy atom. The van der Waals surface area contributed by atoms with E-state index in [0.717, 1.165) is 30.1 Å². The van der Waals surface area contributed by atoms with E-state index < -0.39 is 0 Å². The van der Waals surface area contributed by atoms with E-state index >= 15 is 0 Å². The summed E-state index contributed by atoms with van der Waals surface area (Å²) in [5.41, 5.74) is 1.56. The van der Waals surface area contributed by atoms with Crippen LogP contribution < -0.4 is 0 Å². The maximum absolute atomic E-state index is 12.3. The van der Waals surface area contributed by atoms with Gasteiger partial charge in [-0.2, -0.15) is 0 Å². The molecule has 0 radical (unpaired) electrons. The van der Waals surface area contributed by atoms with Crippen LogP contribution in [0.3, 0.4) is 0 Å². The Morgan fingerprint density at radius 3 is 2.52 bits per heavy atom. The van der Waals surface area contributed by atoms with Gasteiger partial charge in [0.1, 0.15) is 0 Å². The van der Waals surface area contributed by atoms with E-state index in [-0.39, 0.29) is 35.6 Å². The molecule has 9 atom stereocenters. The highest BCUT2D eigenvalue weighted by atomic mass is 16.6. The largest absolute Gasteiger partial charge is 0.393 e. The Hall–Kier alpha value is -1.38. The highest BCUT2D eigenvalue weighted by Crippen LogP contribution is 2.59. The summed E-state index contributed by atoms with van der Waals surface area (Å²) in [5.74, 6) is 2.92. The molecular weight excluding hydrogens is 336 g/mol. The molecule has 3 aliphatic carbocycles. The van der Waals surface area contributed by atoms with Crippen molar-refractivity contribution in [3.63, 3.8) is 0 Å². The third kappa shape index (κ3) is 3.02. The Balaban J connectivity index is 1.50. The summed E-state index contributed by atoms with van der Waals surface area (Å²) in [5, 5.41) is 0. The summed E-state index contributed by atoms with van der Waals surface area (Å²) in [6.45, 7) is 11.1. The summed E-state index contributed by atoms with van der Waals surface area (Å²) in [7, 11) is 0. The molecule has 4 aliphatic rings. The number of carbonyl (C=O) groups is 2. The lowest BCUT2D eigenvalue weighted by molar-refractivity contribution is -0.154. The van der Waals surface area contributed by atoms with Crippen LogP contribution in [0.5, 0.6) is 0 Å². The highest BCUT2D eigenvalue weighted by molar-refractivity contribution is 5.97. The fourth-order valence-electron chi connectivity index (χ4n) is 7.16. The Kier molecular flexibility index (Phi) is 5.07. The van der Waals surface area contributed by atoms with Crippen molar-refractivity contribution < 1.29 is 14.3 Å². The number of hydrogen-bond acceptors (Lipinski definition) is 3. The minimum atomic E-state index is -0.332. The summed E-state index contributed by atoms with van der Waals surface area (Å²) in [6, 6.07) is 0. The van der Waals surface area contributed by atoms with Gasteiger partial charge >= 0.3 is 11.9 Å². The highest BCUT2D eigenvalue weighted by Gasteiger charge is 2.56. The van der Waals surface area contributed by atoms with E-state index in [9.17, 15) is 9.59 Å². The van der Waals surface area contributed by atoms with Crippen molar-refractivity contribution in [1.82, 2.24) is 0 Å². The molecule has 4 fully saturated rings. The lowest BCUT2D eigenvalue weighted by Crippen LogP contribution is -2.27. The minimum absolute atomic E-state index is 0.0774. The molecular formula is C24H34O3. The fraction of sp³-hybridized carbons (Fsp3) is 0.750. The van der Waals surface area contributed by atoms with Gasteiger partial charge in [0.2, 0.25) is 0 Å². The van der Waals surface area contributed by atoms with Crippen molar-refractivity contribution in [3.05, 3.63) is 24.3 Å².